The number of rotatable bonds is 8. The predicted octanol–water partition coefficient (Wildman–Crippen LogP) is 1.99. The highest BCUT2D eigenvalue weighted by molar-refractivity contribution is 7.99. The first-order valence-corrected chi connectivity index (χ1v) is 8.61. The first-order chi connectivity index (χ1) is 8.60. The summed E-state index contributed by atoms with van der Waals surface area (Å²) in [6, 6.07) is 0. The van der Waals surface area contributed by atoms with Gasteiger partial charge in [-0.2, -0.15) is 23.5 Å². The van der Waals surface area contributed by atoms with E-state index < -0.39 is 11.5 Å². The lowest BCUT2D eigenvalue weighted by Gasteiger charge is -2.24. The Morgan fingerprint density at radius 2 is 2.22 bits per heavy atom. The summed E-state index contributed by atoms with van der Waals surface area (Å²) in [5, 5.41) is 11.9. The number of aliphatic carboxylic acids is 1. The number of unbranched alkanes of at least 4 members (excludes halogenated alkanes) is 1. The van der Waals surface area contributed by atoms with Gasteiger partial charge in [0, 0.05) is 17.9 Å². The van der Waals surface area contributed by atoms with Gasteiger partial charge in [0.1, 0.15) is 5.54 Å². The summed E-state index contributed by atoms with van der Waals surface area (Å²) in [4.78, 5) is 23.0. The topological polar surface area (TPSA) is 66.4 Å². The number of carbonyl (C=O) groups excluding carboxylic acids is 1. The predicted molar refractivity (Wildman–Crippen MR) is 77.3 cm³/mol. The van der Waals surface area contributed by atoms with Crippen molar-refractivity contribution in [2.75, 3.05) is 23.0 Å². The van der Waals surface area contributed by atoms with Gasteiger partial charge in [0.2, 0.25) is 5.91 Å². The van der Waals surface area contributed by atoms with Crippen LogP contribution in [0.5, 0.6) is 0 Å². The molecule has 0 aromatic carbocycles. The Kier molecular flexibility index (Phi) is 6.92. The molecule has 4 nitrogen and oxygen atoms in total. The van der Waals surface area contributed by atoms with Crippen molar-refractivity contribution in [2.45, 2.75) is 38.1 Å². The van der Waals surface area contributed by atoms with E-state index in [1.807, 2.05) is 0 Å². The number of nitrogens with one attached hydrogen (secondary N) is 1. The molecule has 1 aliphatic heterocycles. The lowest BCUT2D eigenvalue weighted by Crippen LogP contribution is -2.54. The Bertz CT molecular complexity index is 291. The Hall–Kier alpha value is -0.360. The molecule has 1 atom stereocenters. The second kappa shape index (κ2) is 7.94. The summed E-state index contributed by atoms with van der Waals surface area (Å²) in [5.74, 6) is 2.09. The fraction of sp³-hybridized carbons (Fsp3) is 0.833. The van der Waals surface area contributed by atoms with E-state index in [-0.39, 0.29) is 5.91 Å². The fourth-order valence-electron chi connectivity index (χ4n) is 1.73. The number of thioether (sulfide) groups is 2. The van der Waals surface area contributed by atoms with Gasteiger partial charge in [-0.15, -0.1) is 0 Å². The van der Waals surface area contributed by atoms with Crippen LogP contribution in [-0.2, 0) is 9.59 Å². The summed E-state index contributed by atoms with van der Waals surface area (Å²) >= 11 is 3.34. The van der Waals surface area contributed by atoms with Crippen LogP contribution in [0.3, 0.4) is 0 Å². The Morgan fingerprint density at radius 1 is 1.44 bits per heavy atom. The fourth-order valence-corrected chi connectivity index (χ4v) is 4.08. The van der Waals surface area contributed by atoms with Gasteiger partial charge in [0.25, 0.3) is 0 Å². The molecule has 0 spiro atoms. The quantitative estimate of drug-likeness (QED) is 0.669. The maximum atomic E-state index is 11.7. The number of carbonyl (C=O) groups is 2. The molecule has 2 N–H and O–H groups in total. The minimum atomic E-state index is -1.02. The monoisotopic (exact) mass is 291 g/mol. The molecule has 1 aliphatic rings. The van der Waals surface area contributed by atoms with Gasteiger partial charge in [-0.3, -0.25) is 4.79 Å². The standard InChI is InChI=1S/C12H21NO3S2/c1-2-3-6-17-7-4-10(14)13-12(11(15)16)5-8-18-9-12/h2-9H2,1H3,(H,13,14)(H,15,16). The van der Waals surface area contributed by atoms with Crippen molar-refractivity contribution in [3.8, 4) is 0 Å². The van der Waals surface area contributed by atoms with Gasteiger partial charge in [0.15, 0.2) is 0 Å². The van der Waals surface area contributed by atoms with Crippen LogP contribution in [0.2, 0.25) is 0 Å². The van der Waals surface area contributed by atoms with E-state index in [0.29, 0.717) is 18.6 Å². The normalized spacial score (nSPS) is 22.9. The average Bonchev–Trinajstić information content (AvgIpc) is 2.78. The molecule has 0 aromatic heterocycles. The lowest BCUT2D eigenvalue weighted by atomic mass is 9.99. The second-order valence-electron chi connectivity index (χ2n) is 4.45. The zero-order valence-electron chi connectivity index (χ0n) is 10.7. The largest absolute Gasteiger partial charge is 0.479 e. The second-order valence-corrected chi connectivity index (χ2v) is 6.78. The van der Waals surface area contributed by atoms with E-state index in [9.17, 15) is 14.7 Å². The third-order valence-corrected chi connectivity index (χ3v) is 5.19. The molecule has 6 heteroatoms. The molecule has 104 valence electrons. The molecular weight excluding hydrogens is 270 g/mol. The van der Waals surface area contributed by atoms with Gasteiger partial charge in [-0.05, 0) is 24.3 Å². The summed E-state index contributed by atoms with van der Waals surface area (Å²) < 4.78 is 0. The van der Waals surface area contributed by atoms with Crippen LogP contribution < -0.4 is 5.32 Å². The lowest BCUT2D eigenvalue weighted by molar-refractivity contribution is -0.146. The highest BCUT2D eigenvalue weighted by Gasteiger charge is 2.42. The summed E-state index contributed by atoms with van der Waals surface area (Å²) in [6.07, 6.45) is 3.27. The minimum absolute atomic E-state index is 0.135. The molecule has 1 heterocycles. The molecule has 0 aromatic rings. The SMILES string of the molecule is CCCCSCCC(=O)NC1(C(=O)O)CCSC1. The van der Waals surface area contributed by atoms with Crippen molar-refractivity contribution in [3.63, 3.8) is 0 Å². The number of amides is 1. The minimum Gasteiger partial charge on any atom is -0.479 e. The van der Waals surface area contributed by atoms with E-state index >= 15 is 0 Å². The molecule has 0 aliphatic carbocycles. The van der Waals surface area contributed by atoms with Gasteiger partial charge in [-0.1, -0.05) is 13.3 Å². The van der Waals surface area contributed by atoms with E-state index in [1.54, 1.807) is 23.5 Å². The highest BCUT2D eigenvalue weighted by atomic mass is 32.2. The zero-order valence-corrected chi connectivity index (χ0v) is 12.4. The average molecular weight is 291 g/mol. The van der Waals surface area contributed by atoms with E-state index in [0.717, 1.165) is 17.3 Å². The first kappa shape index (κ1) is 15.7. The van der Waals surface area contributed by atoms with Crippen LogP contribution >= 0.6 is 23.5 Å². The summed E-state index contributed by atoms with van der Waals surface area (Å²) in [7, 11) is 0. The Morgan fingerprint density at radius 3 is 2.78 bits per heavy atom. The van der Waals surface area contributed by atoms with Crippen LogP contribution in [0.25, 0.3) is 0 Å². The van der Waals surface area contributed by atoms with E-state index in [2.05, 4.69) is 12.2 Å². The highest BCUT2D eigenvalue weighted by Crippen LogP contribution is 2.28. The van der Waals surface area contributed by atoms with E-state index in [4.69, 9.17) is 0 Å². The van der Waals surface area contributed by atoms with Crippen LogP contribution in [0, 0.1) is 0 Å². The zero-order chi connectivity index (χ0) is 13.4. The molecule has 1 unspecified atom stereocenters. The number of carboxylic acid groups (broad SMARTS) is 1. The smallest absolute Gasteiger partial charge is 0.330 e. The number of hydrogen-bond donors (Lipinski definition) is 2. The molecule has 0 bridgehead atoms. The van der Waals surface area contributed by atoms with Crippen LogP contribution in [0.1, 0.15) is 32.6 Å². The molecule has 0 saturated carbocycles. The van der Waals surface area contributed by atoms with Crippen molar-refractivity contribution in [2.24, 2.45) is 0 Å². The molecule has 1 amide bonds. The van der Waals surface area contributed by atoms with Crippen molar-refractivity contribution in [3.05, 3.63) is 0 Å². The number of carboxylic acids is 1. The van der Waals surface area contributed by atoms with Crippen molar-refractivity contribution >= 4 is 35.4 Å². The molecule has 1 rings (SSSR count). The van der Waals surface area contributed by atoms with Crippen LogP contribution in [0.15, 0.2) is 0 Å². The van der Waals surface area contributed by atoms with Crippen molar-refractivity contribution in [1.29, 1.82) is 0 Å². The van der Waals surface area contributed by atoms with Gasteiger partial charge in [-0.25, -0.2) is 4.79 Å². The Balaban J connectivity index is 2.27. The summed E-state index contributed by atoms with van der Waals surface area (Å²) in [5.41, 5.74) is -1.02. The Labute approximate surface area is 117 Å². The first-order valence-electron chi connectivity index (χ1n) is 6.30. The van der Waals surface area contributed by atoms with E-state index in [1.165, 1.54) is 12.8 Å². The summed E-state index contributed by atoms with van der Waals surface area (Å²) in [6.45, 7) is 2.14. The maximum Gasteiger partial charge on any atom is 0.330 e. The molecular formula is C12H21NO3S2. The maximum absolute atomic E-state index is 11.7. The van der Waals surface area contributed by atoms with Crippen LogP contribution in [0.4, 0.5) is 0 Å². The third kappa shape index (κ3) is 4.72. The molecule has 1 saturated heterocycles. The molecule has 0 radical (unpaired) electrons. The third-order valence-electron chi connectivity index (χ3n) is 2.93. The van der Waals surface area contributed by atoms with Crippen molar-refractivity contribution < 1.29 is 14.7 Å². The van der Waals surface area contributed by atoms with Gasteiger partial charge in [0.05, 0.1) is 0 Å². The molecule has 1 fully saturated rings. The van der Waals surface area contributed by atoms with Gasteiger partial charge >= 0.3 is 5.97 Å². The van der Waals surface area contributed by atoms with Crippen LogP contribution in [-0.4, -0.2) is 45.5 Å². The molecule has 18 heavy (non-hydrogen) atoms. The van der Waals surface area contributed by atoms with Crippen molar-refractivity contribution in [1.82, 2.24) is 5.32 Å². The van der Waals surface area contributed by atoms with Gasteiger partial charge < -0.3 is 10.4 Å². The number of hydrogen-bond acceptors (Lipinski definition) is 4.